The predicted molar refractivity (Wildman–Crippen MR) is 105 cm³/mol. The Morgan fingerprint density at radius 3 is 2.64 bits per heavy atom. The summed E-state index contributed by atoms with van der Waals surface area (Å²) in [7, 11) is 0. The van der Waals surface area contributed by atoms with Crippen molar-refractivity contribution in [1.29, 1.82) is 0 Å². The molecule has 7 heteroatoms. The van der Waals surface area contributed by atoms with E-state index in [1.165, 1.54) is 24.3 Å². The highest BCUT2D eigenvalue weighted by atomic mass is 35.5. The second kappa shape index (κ2) is 9.22. The zero-order chi connectivity index (χ0) is 28.1. The van der Waals surface area contributed by atoms with Gasteiger partial charge in [-0.05, 0) is 48.1 Å². The van der Waals surface area contributed by atoms with Gasteiger partial charge in [-0.2, -0.15) is 0 Å². The Labute approximate surface area is 181 Å². The molecule has 1 aliphatic heterocycles. The molecule has 0 spiro atoms. The Bertz CT molecular complexity index is 1150. The average molecular weight is 418 g/mol. The first kappa shape index (κ1) is 12.1. The molecule has 0 unspecified atom stereocenters. The minimum atomic E-state index is -3.03. The topological polar surface area (TPSA) is 99.4 Å². The highest BCUT2D eigenvalue weighted by Gasteiger charge is 2.43. The summed E-state index contributed by atoms with van der Waals surface area (Å²) in [6.07, 6.45) is -10.2. The lowest BCUT2D eigenvalue weighted by Crippen LogP contribution is -2.55. The summed E-state index contributed by atoms with van der Waals surface area (Å²) in [4.78, 5) is 0. The predicted octanol–water partition coefficient (Wildman–Crippen LogP) is 1.84. The van der Waals surface area contributed by atoms with E-state index >= 15 is 0 Å². The van der Waals surface area contributed by atoms with Gasteiger partial charge < -0.3 is 29.9 Å². The molecular formula is C21H25ClO6. The van der Waals surface area contributed by atoms with Crippen molar-refractivity contribution < 1.29 is 42.2 Å². The van der Waals surface area contributed by atoms with Crippen LogP contribution in [0.15, 0.2) is 42.4 Å². The van der Waals surface area contributed by atoms with E-state index in [4.69, 9.17) is 33.4 Å². The summed E-state index contributed by atoms with van der Waals surface area (Å²) >= 11 is 6.26. The second-order valence-electron chi connectivity index (χ2n) is 6.20. The molecule has 2 aromatic rings. The fourth-order valence-corrected chi connectivity index (χ4v) is 2.99. The van der Waals surface area contributed by atoms with Crippen LogP contribution in [0, 0.1) is 0 Å². The monoisotopic (exact) mass is 417 g/mol. The molecule has 2 aromatic carbocycles. The van der Waals surface area contributed by atoms with E-state index in [9.17, 15) is 20.4 Å². The Morgan fingerprint density at radius 2 is 1.96 bits per heavy atom. The fourth-order valence-electron chi connectivity index (χ4n) is 2.83. The lowest BCUT2D eigenvalue weighted by Gasteiger charge is -2.40. The van der Waals surface area contributed by atoms with E-state index in [2.05, 4.69) is 0 Å². The Hall–Kier alpha value is -1.67. The van der Waals surface area contributed by atoms with Crippen molar-refractivity contribution in [3.05, 3.63) is 64.1 Å². The van der Waals surface area contributed by atoms with Crippen LogP contribution in [-0.4, -0.2) is 58.0 Å². The largest absolute Gasteiger partial charge is 0.494 e. The van der Waals surface area contributed by atoms with Gasteiger partial charge in [0.15, 0.2) is 0 Å². The van der Waals surface area contributed by atoms with Crippen LogP contribution in [0.25, 0.3) is 0 Å². The summed E-state index contributed by atoms with van der Waals surface area (Å²) in [5, 5.41) is 40.0. The highest BCUT2D eigenvalue weighted by Crippen LogP contribution is 2.34. The maximum Gasteiger partial charge on any atom is 0.119 e. The molecule has 1 heterocycles. The smallest absolute Gasteiger partial charge is 0.119 e. The third kappa shape index (κ3) is 4.49. The zero-order valence-corrected chi connectivity index (χ0v) is 15.3. The summed E-state index contributed by atoms with van der Waals surface area (Å²) in [5.41, 5.74) is -0.180. The van der Waals surface area contributed by atoms with Crippen LogP contribution in [0.2, 0.25) is 5.02 Å². The third-order valence-electron chi connectivity index (χ3n) is 4.34. The first-order valence-electron chi connectivity index (χ1n) is 12.9. The van der Waals surface area contributed by atoms with E-state index in [0.717, 1.165) is 0 Å². The summed E-state index contributed by atoms with van der Waals surface area (Å²) in [6, 6.07) is 3.61. The van der Waals surface area contributed by atoms with E-state index in [1.807, 2.05) is 0 Å². The van der Waals surface area contributed by atoms with Crippen LogP contribution < -0.4 is 4.74 Å². The van der Waals surface area contributed by atoms with E-state index in [0.29, 0.717) is 5.56 Å². The van der Waals surface area contributed by atoms with Gasteiger partial charge in [0.05, 0.1) is 21.4 Å². The molecule has 0 aromatic heterocycles. The molecule has 0 radical (unpaired) electrons. The van der Waals surface area contributed by atoms with Gasteiger partial charge in [0, 0.05) is 9.13 Å². The highest BCUT2D eigenvalue weighted by molar-refractivity contribution is 6.31. The van der Waals surface area contributed by atoms with Crippen molar-refractivity contribution in [2.45, 2.75) is 43.8 Å². The Morgan fingerprint density at radius 1 is 1.21 bits per heavy atom. The number of ether oxygens (including phenoxy) is 2. The molecule has 0 amide bonds. The molecule has 4 N–H and O–H groups in total. The average Bonchev–Trinajstić information content (AvgIpc) is 2.82. The maximum absolute atomic E-state index is 10.6. The van der Waals surface area contributed by atoms with E-state index in [1.54, 1.807) is 0 Å². The van der Waals surface area contributed by atoms with Gasteiger partial charge in [0.1, 0.15) is 36.2 Å². The fraction of sp³-hybridized carbons (Fsp3) is 0.429. The van der Waals surface area contributed by atoms with Crippen molar-refractivity contribution in [3.8, 4) is 5.75 Å². The van der Waals surface area contributed by atoms with Crippen molar-refractivity contribution in [2.75, 3.05) is 13.2 Å². The molecule has 1 fully saturated rings. The molecule has 3 rings (SSSR count). The zero-order valence-electron chi connectivity index (χ0n) is 23.5. The minimum Gasteiger partial charge on any atom is -0.494 e. The van der Waals surface area contributed by atoms with Crippen LogP contribution in [0.5, 0.6) is 5.75 Å². The van der Waals surface area contributed by atoms with Crippen molar-refractivity contribution in [2.24, 2.45) is 0 Å². The Kier molecular flexibility index (Phi) is 3.99. The molecule has 0 bridgehead atoms. The van der Waals surface area contributed by atoms with Crippen molar-refractivity contribution >= 4 is 11.6 Å². The van der Waals surface area contributed by atoms with Gasteiger partial charge >= 0.3 is 0 Å². The second-order valence-corrected chi connectivity index (χ2v) is 6.57. The van der Waals surface area contributed by atoms with Gasteiger partial charge in [-0.1, -0.05) is 35.8 Å². The Balaban J connectivity index is 2.01. The van der Waals surface area contributed by atoms with Gasteiger partial charge in [0.25, 0.3) is 0 Å². The SMILES string of the molecule is [2H]c1c([2H])c([C@]2([2H])O[C@H](CO)[C@@H](O)[C@H](O)[C@H]2O)c([2H])c(Cc2ccc(OC([2H])([2H])C([2H])([2H])[2H])cc2)c1Cl. The van der Waals surface area contributed by atoms with E-state index < -0.39 is 74.2 Å². The van der Waals surface area contributed by atoms with Gasteiger partial charge in [0.2, 0.25) is 0 Å². The van der Waals surface area contributed by atoms with Gasteiger partial charge in [-0.25, -0.2) is 0 Å². The number of benzene rings is 2. The lowest BCUT2D eigenvalue weighted by molar-refractivity contribution is -0.231. The summed E-state index contributed by atoms with van der Waals surface area (Å²) < 4.78 is 80.9. The number of halogens is 1. The quantitative estimate of drug-likeness (QED) is 0.572. The maximum atomic E-state index is 10.6. The first-order valence-corrected chi connectivity index (χ1v) is 8.73. The van der Waals surface area contributed by atoms with E-state index in [-0.39, 0.29) is 22.8 Å². The number of aliphatic hydroxyl groups is 4. The number of aliphatic hydroxyl groups excluding tert-OH is 4. The molecule has 152 valence electrons. The van der Waals surface area contributed by atoms with Crippen molar-refractivity contribution in [1.82, 2.24) is 0 Å². The lowest BCUT2D eigenvalue weighted by atomic mass is 9.90. The third-order valence-corrected chi connectivity index (χ3v) is 4.66. The van der Waals surface area contributed by atoms with Gasteiger partial charge in [-0.3, -0.25) is 0 Å². The molecule has 28 heavy (non-hydrogen) atoms. The number of hydrogen-bond donors (Lipinski definition) is 4. The van der Waals surface area contributed by atoms with Crippen molar-refractivity contribution in [3.63, 3.8) is 0 Å². The van der Waals surface area contributed by atoms with Gasteiger partial charge in [-0.15, -0.1) is 0 Å². The van der Waals surface area contributed by atoms with Crippen LogP contribution in [0.1, 0.15) is 42.0 Å². The molecule has 1 saturated heterocycles. The molecule has 0 aliphatic carbocycles. The molecule has 6 nitrogen and oxygen atoms in total. The van der Waals surface area contributed by atoms with Crippen LogP contribution in [-0.2, 0) is 11.2 Å². The van der Waals surface area contributed by atoms with Crippen LogP contribution in [0.3, 0.4) is 0 Å². The van der Waals surface area contributed by atoms with Crippen LogP contribution >= 0.6 is 11.6 Å². The van der Waals surface area contributed by atoms with Crippen LogP contribution in [0.4, 0.5) is 0 Å². The summed E-state index contributed by atoms with van der Waals surface area (Å²) in [6.45, 7) is -6.82. The minimum absolute atomic E-state index is 0.0345. The number of rotatable bonds is 6. The molecule has 5 atom stereocenters. The molecular weight excluding hydrogens is 384 g/mol. The first-order chi connectivity index (χ1) is 17.0. The normalized spacial score (nSPS) is 35.8. The molecule has 0 saturated carbocycles. The molecule has 1 aliphatic rings. The number of hydrogen-bond acceptors (Lipinski definition) is 6. The standard InChI is InChI=1S/C21H25ClO6/c1-2-27-15-6-3-12(4-7-15)9-14-10-13(5-8-16(14)22)21-20(26)19(25)18(24)17(11-23)28-21/h3-8,10,17-21,23-26H,2,9,11H2,1H3/t17-,18-,19+,20-,21+/m1/s1/i1D3,2D2,5D,8D,10D,21D. The summed E-state index contributed by atoms with van der Waals surface area (Å²) in [5.74, 6) is -0.0862.